The zero-order chi connectivity index (χ0) is 20.5. The van der Waals surface area contributed by atoms with Gasteiger partial charge in [0, 0.05) is 37.2 Å². The summed E-state index contributed by atoms with van der Waals surface area (Å²) in [6.45, 7) is 1.81. The lowest BCUT2D eigenvalue weighted by atomic mass is 10.00. The fourth-order valence-corrected chi connectivity index (χ4v) is 3.91. The lowest BCUT2D eigenvalue weighted by molar-refractivity contribution is 0.0925. The van der Waals surface area contributed by atoms with E-state index in [9.17, 15) is 4.79 Å². The van der Waals surface area contributed by atoms with Gasteiger partial charge >= 0.3 is 0 Å². The molecule has 1 aromatic heterocycles. The van der Waals surface area contributed by atoms with E-state index in [1.807, 2.05) is 49.5 Å². The molecule has 3 aromatic rings. The Morgan fingerprint density at radius 3 is 2.73 bits per heavy atom. The Morgan fingerprint density at radius 2 is 1.83 bits per heavy atom. The minimum Gasteiger partial charge on any atom is -0.493 e. The van der Waals surface area contributed by atoms with Crippen LogP contribution in [0.5, 0.6) is 17.2 Å². The molecule has 0 saturated heterocycles. The van der Waals surface area contributed by atoms with Crippen molar-refractivity contribution in [2.75, 3.05) is 19.8 Å². The van der Waals surface area contributed by atoms with Crippen LogP contribution in [0.4, 0.5) is 0 Å². The molecule has 154 valence electrons. The van der Waals surface area contributed by atoms with E-state index < -0.39 is 0 Å². The third kappa shape index (κ3) is 3.47. The van der Waals surface area contributed by atoms with Crippen LogP contribution in [-0.4, -0.2) is 35.5 Å². The highest BCUT2D eigenvalue weighted by molar-refractivity contribution is 6.00. The number of ether oxygens (including phenoxy) is 3. The first-order chi connectivity index (χ1) is 14.7. The van der Waals surface area contributed by atoms with E-state index in [0.717, 1.165) is 35.5 Å². The maximum atomic E-state index is 13.2. The molecule has 7 nitrogen and oxygen atoms in total. The molecule has 0 aliphatic carbocycles. The summed E-state index contributed by atoms with van der Waals surface area (Å²) in [6.07, 6.45) is 3.31. The number of benzene rings is 2. The van der Waals surface area contributed by atoms with Crippen LogP contribution in [-0.2, 0) is 7.05 Å². The number of aromatic nitrogens is 2. The van der Waals surface area contributed by atoms with Crippen LogP contribution in [0, 0.1) is 0 Å². The van der Waals surface area contributed by atoms with Gasteiger partial charge in [-0.25, -0.2) is 0 Å². The number of nitrogens with zero attached hydrogens (tertiary/aromatic N) is 2. The Hall–Kier alpha value is -3.48. The van der Waals surface area contributed by atoms with E-state index >= 15 is 0 Å². The molecule has 30 heavy (non-hydrogen) atoms. The van der Waals surface area contributed by atoms with Crippen molar-refractivity contribution in [1.82, 2.24) is 15.1 Å². The quantitative estimate of drug-likeness (QED) is 0.722. The average molecular weight is 405 g/mol. The summed E-state index contributed by atoms with van der Waals surface area (Å²) < 4.78 is 18.9. The van der Waals surface area contributed by atoms with Crippen LogP contribution < -0.4 is 19.5 Å². The van der Waals surface area contributed by atoms with Gasteiger partial charge in [-0.3, -0.25) is 9.48 Å². The van der Waals surface area contributed by atoms with E-state index in [0.29, 0.717) is 36.8 Å². The minimum atomic E-state index is -0.160. The number of hydrogen-bond donors (Lipinski definition) is 1. The molecule has 1 amide bonds. The van der Waals surface area contributed by atoms with Gasteiger partial charge < -0.3 is 19.5 Å². The van der Waals surface area contributed by atoms with Crippen LogP contribution in [0.25, 0.3) is 11.3 Å². The number of fused-ring (bicyclic) bond motifs is 2. The molecular weight excluding hydrogens is 382 g/mol. The highest BCUT2D eigenvalue weighted by Gasteiger charge is 2.26. The lowest BCUT2D eigenvalue weighted by Gasteiger charge is -2.26. The van der Waals surface area contributed by atoms with Crippen molar-refractivity contribution in [2.45, 2.75) is 18.9 Å². The van der Waals surface area contributed by atoms with E-state index in [1.54, 1.807) is 10.9 Å². The Labute approximate surface area is 174 Å². The number of hydrogen-bond acceptors (Lipinski definition) is 5. The molecule has 0 radical (unpaired) electrons. The number of nitrogens with one attached hydrogen (secondary N) is 1. The van der Waals surface area contributed by atoms with Crippen molar-refractivity contribution < 1.29 is 19.0 Å². The van der Waals surface area contributed by atoms with Crippen LogP contribution in [0.15, 0.2) is 48.7 Å². The summed E-state index contributed by atoms with van der Waals surface area (Å²) in [7, 11) is 1.81. The molecule has 1 N–H and O–H groups in total. The molecule has 7 heteroatoms. The number of carbonyl (C=O) groups is 1. The largest absolute Gasteiger partial charge is 0.493 e. The van der Waals surface area contributed by atoms with E-state index in [2.05, 4.69) is 10.4 Å². The molecule has 2 aromatic carbocycles. The van der Waals surface area contributed by atoms with Gasteiger partial charge in [-0.1, -0.05) is 18.2 Å². The van der Waals surface area contributed by atoms with Gasteiger partial charge in [0.25, 0.3) is 5.91 Å². The van der Waals surface area contributed by atoms with Crippen LogP contribution in [0.2, 0.25) is 0 Å². The zero-order valence-electron chi connectivity index (χ0n) is 16.8. The fraction of sp³-hybridized carbons (Fsp3) is 0.304. The monoisotopic (exact) mass is 405 g/mol. The molecule has 1 atom stereocenters. The molecule has 0 bridgehead atoms. The fourth-order valence-electron chi connectivity index (χ4n) is 3.91. The predicted molar refractivity (Wildman–Crippen MR) is 111 cm³/mol. The first-order valence-corrected chi connectivity index (χ1v) is 10.2. The van der Waals surface area contributed by atoms with Crippen molar-refractivity contribution in [3.8, 4) is 28.5 Å². The van der Waals surface area contributed by atoms with E-state index in [4.69, 9.17) is 14.2 Å². The second-order valence-corrected chi connectivity index (χ2v) is 7.48. The second kappa shape index (κ2) is 7.74. The average Bonchev–Trinajstić information content (AvgIpc) is 3.01. The molecule has 5 rings (SSSR count). The first-order valence-electron chi connectivity index (χ1n) is 10.2. The topological polar surface area (TPSA) is 74.6 Å². The first kappa shape index (κ1) is 18.5. The maximum absolute atomic E-state index is 13.2. The molecule has 0 spiro atoms. The Balaban J connectivity index is 1.44. The molecule has 2 aliphatic heterocycles. The SMILES string of the molecule is Cn1cc(C(=O)NC2CCOc3ccccc32)c(-c2ccc3c(c2)OCCCO3)n1. The van der Waals surface area contributed by atoms with Crippen molar-refractivity contribution >= 4 is 5.91 Å². The number of amides is 1. The predicted octanol–water partition coefficient (Wildman–Crippen LogP) is 3.50. The van der Waals surface area contributed by atoms with Gasteiger partial charge in [-0.05, 0) is 24.3 Å². The van der Waals surface area contributed by atoms with Crippen molar-refractivity contribution in [3.63, 3.8) is 0 Å². The summed E-state index contributed by atoms with van der Waals surface area (Å²) in [5.74, 6) is 2.06. The summed E-state index contributed by atoms with van der Waals surface area (Å²) >= 11 is 0. The molecule has 0 saturated carbocycles. The highest BCUT2D eigenvalue weighted by Crippen LogP contribution is 2.35. The summed E-state index contributed by atoms with van der Waals surface area (Å²) in [5.41, 5.74) is 2.96. The number of rotatable bonds is 3. The molecule has 1 unspecified atom stereocenters. The van der Waals surface area contributed by atoms with Gasteiger partial charge in [0.15, 0.2) is 11.5 Å². The van der Waals surface area contributed by atoms with Crippen LogP contribution in [0.1, 0.15) is 34.8 Å². The Kier molecular flexibility index (Phi) is 4.78. The minimum absolute atomic E-state index is 0.0979. The van der Waals surface area contributed by atoms with Crippen LogP contribution in [0.3, 0.4) is 0 Å². The molecule has 0 fully saturated rings. The van der Waals surface area contributed by atoms with Gasteiger partial charge in [0.05, 0.1) is 31.4 Å². The molecule has 2 aliphatic rings. The third-order valence-corrected chi connectivity index (χ3v) is 5.36. The molecular formula is C23H23N3O4. The van der Waals surface area contributed by atoms with Crippen molar-refractivity contribution in [2.24, 2.45) is 7.05 Å². The highest BCUT2D eigenvalue weighted by atomic mass is 16.5. The van der Waals surface area contributed by atoms with Crippen molar-refractivity contribution in [1.29, 1.82) is 0 Å². The summed E-state index contributed by atoms with van der Waals surface area (Å²) in [5, 5.41) is 7.71. The Morgan fingerprint density at radius 1 is 1.03 bits per heavy atom. The summed E-state index contributed by atoms with van der Waals surface area (Å²) in [4.78, 5) is 13.2. The zero-order valence-corrected chi connectivity index (χ0v) is 16.8. The van der Waals surface area contributed by atoms with E-state index in [1.165, 1.54) is 0 Å². The smallest absolute Gasteiger partial charge is 0.255 e. The number of aryl methyl sites for hydroxylation is 1. The van der Waals surface area contributed by atoms with Gasteiger partial charge in [0.1, 0.15) is 11.4 Å². The van der Waals surface area contributed by atoms with Crippen molar-refractivity contribution in [3.05, 3.63) is 59.8 Å². The molecule has 3 heterocycles. The van der Waals surface area contributed by atoms with E-state index in [-0.39, 0.29) is 11.9 Å². The third-order valence-electron chi connectivity index (χ3n) is 5.36. The Bertz CT molecular complexity index is 1090. The lowest BCUT2D eigenvalue weighted by Crippen LogP contribution is -2.32. The standard InChI is InChI=1S/C23H23N3O4/c1-26-14-17(23(27)24-18-9-12-30-19-6-3-2-5-16(18)19)22(25-26)15-7-8-20-21(13-15)29-11-4-10-28-20/h2-3,5-8,13-14,18H,4,9-12H2,1H3,(H,24,27). The summed E-state index contributed by atoms with van der Waals surface area (Å²) in [6, 6.07) is 13.4. The van der Waals surface area contributed by atoms with Crippen LogP contribution >= 0.6 is 0 Å². The normalized spacial score (nSPS) is 17.4. The maximum Gasteiger partial charge on any atom is 0.255 e. The number of carbonyl (C=O) groups excluding carboxylic acids is 1. The van der Waals surface area contributed by atoms with Gasteiger partial charge in [0.2, 0.25) is 0 Å². The number of para-hydroxylation sites is 1. The second-order valence-electron chi connectivity index (χ2n) is 7.48. The van der Waals surface area contributed by atoms with Gasteiger partial charge in [-0.2, -0.15) is 5.10 Å². The van der Waals surface area contributed by atoms with Gasteiger partial charge in [-0.15, -0.1) is 0 Å².